The molecule has 0 heterocycles. The van der Waals surface area contributed by atoms with Crippen molar-refractivity contribution in [3.63, 3.8) is 0 Å². The maximum atomic E-state index is 13.2. The quantitative estimate of drug-likeness (QED) is 0.760. The minimum Gasteiger partial charge on any atom is -0.345 e. The van der Waals surface area contributed by atoms with E-state index in [1.807, 2.05) is 0 Å². The molecule has 0 radical (unpaired) electrons. The van der Waals surface area contributed by atoms with Crippen molar-refractivity contribution in [2.24, 2.45) is 0 Å². The predicted octanol–water partition coefficient (Wildman–Crippen LogP) is 2.60. The lowest BCUT2D eigenvalue weighted by Crippen LogP contribution is -2.22. The smallest absolute Gasteiger partial charge is 0.253 e. The molecule has 0 aliphatic carbocycles. The summed E-state index contributed by atoms with van der Waals surface area (Å²) in [5.74, 6) is -0.602. The van der Waals surface area contributed by atoms with Crippen LogP contribution in [0.5, 0.6) is 0 Å². The lowest BCUT2D eigenvalue weighted by molar-refractivity contribution is 0.0826. The normalized spacial score (nSPS) is 10.1. The number of carbonyl (C=O) groups is 1. The Labute approximate surface area is 90.8 Å². The van der Waals surface area contributed by atoms with Crippen LogP contribution in [0.25, 0.3) is 0 Å². The first-order valence-corrected chi connectivity index (χ1v) is 4.90. The van der Waals surface area contributed by atoms with Gasteiger partial charge in [-0.05, 0) is 40.5 Å². The van der Waals surface area contributed by atoms with E-state index < -0.39 is 5.82 Å². The number of nitrogens with zero attached hydrogens (tertiary/aromatic N) is 1. The van der Waals surface area contributed by atoms with Crippen LogP contribution in [-0.2, 0) is 0 Å². The molecule has 0 saturated carbocycles. The molecule has 0 unspecified atom stereocenters. The molecule has 14 heavy (non-hydrogen) atoms. The predicted molar refractivity (Wildman–Crippen MR) is 56.9 cm³/mol. The van der Waals surface area contributed by atoms with Crippen LogP contribution >= 0.6 is 15.9 Å². The molecule has 0 atom stereocenters. The summed E-state index contributed by atoms with van der Waals surface area (Å²) >= 11 is 3.07. The lowest BCUT2D eigenvalue weighted by atomic mass is 10.1. The second kappa shape index (κ2) is 4.09. The molecule has 0 aliphatic rings. The van der Waals surface area contributed by atoms with Gasteiger partial charge in [-0.15, -0.1) is 0 Å². The largest absolute Gasteiger partial charge is 0.345 e. The molecule has 0 spiro atoms. The van der Waals surface area contributed by atoms with Crippen molar-refractivity contribution in [1.29, 1.82) is 0 Å². The molecule has 0 aromatic heterocycles. The van der Waals surface area contributed by atoms with Gasteiger partial charge in [-0.1, -0.05) is 0 Å². The van der Waals surface area contributed by atoms with Crippen LogP contribution < -0.4 is 0 Å². The van der Waals surface area contributed by atoms with Crippen LogP contribution in [0.2, 0.25) is 0 Å². The van der Waals surface area contributed by atoms with E-state index in [0.717, 1.165) is 5.56 Å². The number of benzene rings is 1. The molecule has 1 aromatic carbocycles. The van der Waals surface area contributed by atoms with Gasteiger partial charge in [-0.2, -0.15) is 0 Å². The average molecular weight is 260 g/mol. The molecule has 1 aromatic rings. The summed E-state index contributed by atoms with van der Waals surface area (Å²) in [6, 6.07) is 2.85. The summed E-state index contributed by atoms with van der Waals surface area (Å²) in [7, 11) is 3.28. The number of hydrogen-bond donors (Lipinski definition) is 0. The third-order valence-corrected chi connectivity index (χ3v) is 2.51. The van der Waals surface area contributed by atoms with Gasteiger partial charge in [0.2, 0.25) is 0 Å². The zero-order valence-electron chi connectivity index (χ0n) is 8.27. The Bertz CT molecular complexity index is 377. The van der Waals surface area contributed by atoms with Gasteiger partial charge in [0.25, 0.3) is 5.91 Å². The Kier molecular flexibility index (Phi) is 3.26. The SMILES string of the molecule is Cc1cc(Br)c(F)cc1C(=O)N(C)C. The molecule has 4 heteroatoms. The van der Waals surface area contributed by atoms with E-state index in [1.165, 1.54) is 11.0 Å². The van der Waals surface area contributed by atoms with Gasteiger partial charge in [0, 0.05) is 19.7 Å². The number of carbonyl (C=O) groups excluding carboxylic acids is 1. The van der Waals surface area contributed by atoms with Gasteiger partial charge in [-0.3, -0.25) is 4.79 Å². The fraction of sp³-hybridized carbons (Fsp3) is 0.300. The van der Waals surface area contributed by atoms with E-state index in [0.29, 0.717) is 10.0 Å². The van der Waals surface area contributed by atoms with E-state index in [9.17, 15) is 9.18 Å². The molecule has 1 amide bonds. The van der Waals surface area contributed by atoms with Crippen LogP contribution in [0.1, 0.15) is 15.9 Å². The van der Waals surface area contributed by atoms with Crippen molar-refractivity contribution in [3.05, 3.63) is 33.5 Å². The van der Waals surface area contributed by atoms with Crippen molar-refractivity contribution in [2.75, 3.05) is 14.1 Å². The Morgan fingerprint density at radius 2 is 2.00 bits per heavy atom. The second-order valence-electron chi connectivity index (χ2n) is 3.28. The Hall–Kier alpha value is -0.900. The lowest BCUT2D eigenvalue weighted by Gasteiger charge is -2.12. The maximum Gasteiger partial charge on any atom is 0.253 e. The van der Waals surface area contributed by atoms with Gasteiger partial charge in [0.1, 0.15) is 5.82 Å². The molecule has 2 nitrogen and oxygen atoms in total. The van der Waals surface area contributed by atoms with Crippen LogP contribution in [0.3, 0.4) is 0 Å². The summed E-state index contributed by atoms with van der Waals surface area (Å²) in [5, 5.41) is 0. The number of aryl methyl sites for hydroxylation is 1. The number of amides is 1. The first kappa shape index (κ1) is 11.2. The molecule has 1 rings (SSSR count). The summed E-state index contributed by atoms with van der Waals surface area (Å²) in [6.07, 6.45) is 0. The van der Waals surface area contributed by atoms with Gasteiger partial charge >= 0.3 is 0 Å². The molecule has 0 fully saturated rings. The Balaban J connectivity index is 3.22. The van der Waals surface area contributed by atoms with E-state index in [2.05, 4.69) is 15.9 Å². The Morgan fingerprint density at radius 1 is 1.43 bits per heavy atom. The number of hydrogen-bond acceptors (Lipinski definition) is 1. The fourth-order valence-corrected chi connectivity index (χ4v) is 1.58. The minimum absolute atomic E-state index is 0.186. The summed E-state index contributed by atoms with van der Waals surface area (Å²) < 4.78 is 13.5. The first-order chi connectivity index (χ1) is 6.43. The first-order valence-electron chi connectivity index (χ1n) is 4.10. The van der Waals surface area contributed by atoms with Crippen molar-refractivity contribution in [2.45, 2.75) is 6.92 Å². The van der Waals surface area contributed by atoms with Crippen molar-refractivity contribution in [3.8, 4) is 0 Å². The van der Waals surface area contributed by atoms with E-state index in [4.69, 9.17) is 0 Å². The van der Waals surface area contributed by atoms with Crippen LogP contribution in [0, 0.1) is 12.7 Å². The maximum absolute atomic E-state index is 13.2. The minimum atomic E-state index is -0.416. The molecular formula is C10H11BrFNO. The summed E-state index contributed by atoms with van der Waals surface area (Å²) in [5.41, 5.74) is 1.16. The zero-order chi connectivity index (χ0) is 10.9. The van der Waals surface area contributed by atoms with Crippen molar-refractivity contribution in [1.82, 2.24) is 4.90 Å². The fourth-order valence-electron chi connectivity index (χ4n) is 1.12. The third-order valence-electron chi connectivity index (χ3n) is 1.90. The van der Waals surface area contributed by atoms with E-state index >= 15 is 0 Å². The van der Waals surface area contributed by atoms with Crippen LogP contribution in [-0.4, -0.2) is 24.9 Å². The number of halogens is 2. The van der Waals surface area contributed by atoms with E-state index in [-0.39, 0.29) is 5.91 Å². The molecular weight excluding hydrogens is 249 g/mol. The molecule has 0 bridgehead atoms. The highest BCUT2D eigenvalue weighted by Gasteiger charge is 2.13. The highest BCUT2D eigenvalue weighted by atomic mass is 79.9. The highest BCUT2D eigenvalue weighted by Crippen LogP contribution is 2.20. The molecule has 0 N–H and O–H groups in total. The van der Waals surface area contributed by atoms with Crippen LogP contribution in [0.15, 0.2) is 16.6 Å². The Morgan fingerprint density at radius 3 is 2.50 bits per heavy atom. The van der Waals surface area contributed by atoms with Gasteiger partial charge < -0.3 is 4.90 Å². The van der Waals surface area contributed by atoms with Gasteiger partial charge in [-0.25, -0.2) is 4.39 Å². The monoisotopic (exact) mass is 259 g/mol. The van der Waals surface area contributed by atoms with Crippen LogP contribution in [0.4, 0.5) is 4.39 Å². The zero-order valence-corrected chi connectivity index (χ0v) is 9.85. The molecule has 0 aliphatic heterocycles. The van der Waals surface area contributed by atoms with Crippen molar-refractivity contribution >= 4 is 21.8 Å². The topological polar surface area (TPSA) is 20.3 Å². The number of rotatable bonds is 1. The summed E-state index contributed by atoms with van der Waals surface area (Å²) in [4.78, 5) is 13.0. The van der Waals surface area contributed by atoms with Crippen molar-refractivity contribution < 1.29 is 9.18 Å². The third kappa shape index (κ3) is 2.12. The highest BCUT2D eigenvalue weighted by molar-refractivity contribution is 9.10. The van der Waals surface area contributed by atoms with E-state index in [1.54, 1.807) is 27.1 Å². The average Bonchev–Trinajstić information content (AvgIpc) is 2.10. The molecule has 76 valence electrons. The second-order valence-corrected chi connectivity index (χ2v) is 4.14. The van der Waals surface area contributed by atoms with Gasteiger partial charge in [0.05, 0.1) is 4.47 Å². The summed E-state index contributed by atoms with van der Waals surface area (Å²) in [6.45, 7) is 1.78. The standard InChI is InChI=1S/C10H11BrFNO/c1-6-4-8(11)9(12)5-7(6)10(14)13(2)3/h4-5H,1-3H3. The molecule has 0 saturated heterocycles. The van der Waals surface area contributed by atoms with Gasteiger partial charge in [0.15, 0.2) is 0 Å².